The number of hydrogen-bond acceptors (Lipinski definition) is 1. The van der Waals surface area contributed by atoms with Crippen molar-refractivity contribution in [1.82, 2.24) is 0 Å². The lowest BCUT2D eigenvalue weighted by atomic mass is 10.1. The molecule has 1 N–H and O–H groups in total. The fourth-order valence-corrected chi connectivity index (χ4v) is 2.12. The molecule has 0 aromatic heterocycles. The number of carboxylic acid groups (broad SMARTS) is 1. The van der Waals surface area contributed by atoms with Crippen LogP contribution in [0.1, 0.15) is 84.0 Å². The zero-order valence-electron chi connectivity index (χ0n) is 13.2. The lowest BCUT2D eigenvalue weighted by Crippen LogP contribution is -1.93. The molecule has 0 fully saturated rings. The summed E-state index contributed by atoms with van der Waals surface area (Å²) in [6.45, 7) is 2.17. The Kier molecular flexibility index (Phi) is 15.2. The van der Waals surface area contributed by atoms with Gasteiger partial charge in [0, 0.05) is 6.42 Å². The fourth-order valence-electron chi connectivity index (χ4n) is 2.12. The van der Waals surface area contributed by atoms with E-state index in [1.54, 1.807) is 0 Å². The predicted molar refractivity (Wildman–Crippen MR) is 87.0 cm³/mol. The van der Waals surface area contributed by atoms with Crippen molar-refractivity contribution in [2.24, 2.45) is 0 Å². The number of aliphatic carboxylic acids is 1. The van der Waals surface area contributed by atoms with Crippen LogP contribution in [-0.2, 0) is 4.79 Å². The van der Waals surface area contributed by atoms with E-state index >= 15 is 0 Å². The number of rotatable bonds is 14. The number of hydrogen-bond donors (Lipinski definition) is 1. The SMILES string of the molecule is CC/C=C/CCC/C=C/CCCCCCCCC(=O)O. The first-order valence-electron chi connectivity index (χ1n) is 8.29. The number of unbranched alkanes of at least 4 members (excludes halogenated alkanes) is 8. The predicted octanol–water partition coefficient (Wildman–Crippen LogP) is 5.88. The maximum absolute atomic E-state index is 10.3. The highest BCUT2D eigenvalue weighted by Gasteiger charge is 1.96. The quantitative estimate of drug-likeness (QED) is 0.318. The van der Waals surface area contributed by atoms with Gasteiger partial charge in [-0.15, -0.1) is 0 Å². The van der Waals surface area contributed by atoms with Crippen LogP contribution in [0.4, 0.5) is 0 Å². The second-order valence-electron chi connectivity index (χ2n) is 5.34. The van der Waals surface area contributed by atoms with Crippen molar-refractivity contribution < 1.29 is 9.90 Å². The summed E-state index contributed by atoms with van der Waals surface area (Å²) in [6.07, 6.45) is 22.3. The zero-order chi connectivity index (χ0) is 14.9. The molecule has 0 aliphatic carbocycles. The van der Waals surface area contributed by atoms with Crippen molar-refractivity contribution >= 4 is 5.97 Å². The first-order chi connectivity index (χ1) is 9.77. The molecule has 0 heterocycles. The van der Waals surface area contributed by atoms with Crippen LogP contribution in [0.25, 0.3) is 0 Å². The van der Waals surface area contributed by atoms with E-state index in [1.165, 1.54) is 51.4 Å². The van der Waals surface area contributed by atoms with Gasteiger partial charge >= 0.3 is 5.97 Å². The monoisotopic (exact) mass is 280 g/mol. The molecule has 0 saturated carbocycles. The summed E-state index contributed by atoms with van der Waals surface area (Å²) >= 11 is 0. The van der Waals surface area contributed by atoms with E-state index in [1.807, 2.05) is 0 Å². The highest BCUT2D eigenvalue weighted by molar-refractivity contribution is 5.66. The van der Waals surface area contributed by atoms with E-state index < -0.39 is 5.97 Å². The molecule has 0 aromatic carbocycles. The summed E-state index contributed by atoms with van der Waals surface area (Å²) in [5.41, 5.74) is 0. The zero-order valence-corrected chi connectivity index (χ0v) is 13.2. The molecular weight excluding hydrogens is 248 g/mol. The Hall–Kier alpha value is -1.05. The Morgan fingerprint density at radius 3 is 1.85 bits per heavy atom. The van der Waals surface area contributed by atoms with Crippen molar-refractivity contribution in [3.63, 3.8) is 0 Å². The summed E-state index contributed by atoms with van der Waals surface area (Å²) < 4.78 is 0. The first-order valence-corrected chi connectivity index (χ1v) is 8.29. The molecule has 0 radical (unpaired) electrons. The summed E-state index contributed by atoms with van der Waals surface area (Å²) in [6, 6.07) is 0. The molecule has 0 bridgehead atoms. The van der Waals surface area contributed by atoms with Crippen molar-refractivity contribution in [1.29, 1.82) is 0 Å². The van der Waals surface area contributed by atoms with Crippen molar-refractivity contribution in [3.8, 4) is 0 Å². The van der Waals surface area contributed by atoms with Gasteiger partial charge in [0.2, 0.25) is 0 Å². The maximum atomic E-state index is 10.3. The Morgan fingerprint density at radius 2 is 1.25 bits per heavy atom. The van der Waals surface area contributed by atoms with Gasteiger partial charge in [0.05, 0.1) is 0 Å². The van der Waals surface area contributed by atoms with Gasteiger partial charge in [-0.3, -0.25) is 4.79 Å². The van der Waals surface area contributed by atoms with Crippen LogP contribution < -0.4 is 0 Å². The largest absolute Gasteiger partial charge is 0.481 e. The number of allylic oxidation sites excluding steroid dienone is 4. The average Bonchev–Trinajstić information content (AvgIpc) is 2.43. The second-order valence-corrected chi connectivity index (χ2v) is 5.34. The average molecular weight is 280 g/mol. The van der Waals surface area contributed by atoms with E-state index in [-0.39, 0.29) is 0 Å². The molecule has 0 aliphatic heterocycles. The molecule has 0 spiro atoms. The van der Waals surface area contributed by atoms with Gasteiger partial charge in [0.25, 0.3) is 0 Å². The molecule has 2 heteroatoms. The molecule has 0 aliphatic rings. The van der Waals surface area contributed by atoms with Gasteiger partial charge < -0.3 is 5.11 Å². The van der Waals surface area contributed by atoms with Crippen molar-refractivity contribution in [3.05, 3.63) is 24.3 Å². The first kappa shape index (κ1) is 18.9. The van der Waals surface area contributed by atoms with Gasteiger partial charge in [-0.1, -0.05) is 56.9 Å². The standard InChI is InChI=1S/C18H32O2/c1-2-3-4-5-6-7-8-9-10-11-12-13-14-15-16-17-18(19)20/h3-4,8-9H,2,5-7,10-17H2,1H3,(H,19,20)/b4-3+,9-8+. The molecule has 116 valence electrons. The minimum atomic E-state index is -0.666. The lowest BCUT2D eigenvalue weighted by Gasteiger charge is -1.99. The van der Waals surface area contributed by atoms with Crippen LogP contribution in [-0.4, -0.2) is 11.1 Å². The van der Waals surface area contributed by atoms with Gasteiger partial charge in [-0.2, -0.15) is 0 Å². The van der Waals surface area contributed by atoms with E-state index in [2.05, 4.69) is 31.2 Å². The minimum Gasteiger partial charge on any atom is -0.481 e. The van der Waals surface area contributed by atoms with Gasteiger partial charge in [-0.25, -0.2) is 0 Å². The Labute approximate surface area is 125 Å². The van der Waals surface area contributed by atoms with Crippen molar-refractivity contribution in [2.45, 2.75) is 84.0 Å². The second kappa shape index (κ2) is 16.0. The molecule has 0 atom stereocenters. The molecule has 0 rings (SSSR count). The molecular formula is C18H32O2. The van der Waals surface area contributed by atoms with E-state index in [4.69, 9.17) is 5.11 Å². The summed E-state index contributed by atoms with van der Waals surface area (Å²) in [4.78, 5) is 10.3. The fraction of sp³-hybridized carbons (Fsp3) is 0.722. The van der Waals surface area contributed by atoms with Crippen LogP contribution in [0.2, 0.25) is 0 Å². The van der Waals surface area contributed by atoms with E-state index in [0.29, 0.717) is 6.42 Å². The van der Waals surface area contributed by atoms with E-state index in [0.717, 1.165) is 19.3 Å². The highest BCUT2D eigenvalue weighted by atomic mass is 16.4. The third-order valence-electron chi connectivity index (χ3n) is 3.32. The van der Waals surface area contributed by atoms with Crippen molar-refractivity contribution in [2.75, 3.05) is 0 Å². The molecule has 20 heavy (non-hydrogen) atoms. The Morgan fingerprint density at radius 1 is 0.750 bits per heavy atom. The van der Waals surface area contributed by atoms with Gasteiger partial charge in [0.15, 0.2) is 0 Å². The van der Waals surface area contributed by atoms with Crippen LogP contribution in [0, 0.1) is 0 Å². The molecule has 0 unspecified atom stereocenters. The lowest BCUT2D eigenvalue weighted by molar-refractivity contribution is -0.137. The topological polar surface area (TPSA) is 37.3 Å². The minimum absolute atomic E-state index is 0.330. The Balaban J connectivity index is 3.11. The highest BCUT2D eigenvalue weighted by Crippen LogP contribution is 2.09. The number of carboxylic acids is 1. The van der Waals surface area contributed by atoms with Crippen LogP contribution in [0.15, 0.2) is 24.3 Å². The molecule has 2 nitrogen and oxygen atoms in total. The number of carbonyl (C=O) groups is 1. The summed E-state index contributed by atoms with van der Waals surface area (Å²) in [5.74, 6) is -0.666. The molecule has 0 amide bonds. The Bertz CT molecular complexity index is 267. The van der Waals surface area contributed by atoms with Crippen LogP contribution in [0.3, 0.4) is 0 Å². The van der Waals surface area contributed by atoms with Crippen LogP contribution >= 0.6 is 0 Å². The third kappa shape index (κ3) is 16.9. The maximum Gasteiger partial charge on any atom is 0.303 e. The molecule has 0 aromatic rings. The smallest absolute Gasteiger partial charge is 0.303 e. The normalized spacial score (nSPS) is 11.7. The van der Waals surface area contributed by atoms with Crippen LogP contribution in [0.5, 0.6) is 0 Å². The van der Waals surface area contributed by atoms with Gasteiger partial charge in [-0.05, 0) is 44.9 Å². The summed E-state index contributed by atoms with van der Waals surface area (Å²) in [5, 5.41) is 8.51. The third-order valence-corrected chi connectivity index (χ3v) is 3.32. The molecule has 0 saturated heterocycles. The van der Waals surface area contributed by atoms with Gasteiger partial charge in [0.1, 0.15) is 0 Å². The van der Waals surface area contributed by atoms with E-state index in [9.17, 15) is 4.79 Å². The summed E-state index contributed by atoms with van der Waals surface area (Å²) in [7, 11) is 0.